The molecule has 0 fully saturated rings. The summed E-state index contributed by atoms with van der Waals surface area (Å²) in [6.07, 6.45) is 8.02. The van der Waals surface area contributed by atoms with Crippen LogP contribution in [0.15, 0.2) is 30.6 Å². The number of hydrogen-bond acceptors (Lipinski definition) is 5. The monoisotopic (exact) mass is 399 g/mol. The molecule has 0 N–H and O–H groups in total. The summed E-state index contributed by atoms with van der Waals surface area (Å²) in [6, 6.07) is 1.38. The van der Waals surface area contributed by atoms with Gasteiger partial charge >= 0.3 is 5.63 Å². The molecule has 0 aliphatic carbocycles. The molecule has 1 aliphatic rings. The summed E-state index contributed by atoms with van der Waals surface area (Å²) in [6.45, 7) is 5.77. The summed E-state index contributed by atoms with van der Waals surface area (Å²) < 4.78 is 17.6. The average molecular weight is 400 g/mol. The first-order chi connectivity index (χ1) is 13.5. The van der Waals surface area contributed by atoms with Gasteiger partial charge in [0.05, 0.1) is 10.9 Å². The van der Waals surface area contributed by atoms with E-state index in [0.717, 1.165) is 19.3 Å². The van der Waals surface area contributed by atoms with Crippen molar-refractivity contribution in [2.75, 3.05) is 0 Å². The molecule has 6 heteroatoms. The molecule has 1 aromatic carbocycles. The third-order valence-electron chi connectivity index (χ3n) is 4.90. The van der Waals surface area contributed by atoms with Crippen LogP contribution in [-0.2, 0) is 6.42 Å². The zero-order chi connectivity index (χ0) is 20.0. The van der Waals surface area contributed by atoms with E-state index in [1.807, 2.05) is 13.0 Å². The molecule has 3 aromatic rings. The molecule has 5 nitrogen and oxygen atoms in total. The van der Waals surface area contributed by atoms with Crippen LogP contribution in [0.5, 0.6) is 5.75 Å². The molecule has 2 aromatic heterocycles. The zero-order valence-electron chi connectivity index (χ0n) is 16.0. The Bertz CT molecular complexity index is 1230. The number of rotatable bonds is 4. The van der Waals surface area contributed by atoms with Crippen LogP contribution in [0.2, 0.25) is 5.02 Å². The minimum Gasteiger partial charge on any atom is -0.485 e. The third-order valence-corrected chi connectivity index (χ3v) is 5.29. The Balaban J connectivity index is 2.24. The van der Waals surface area contributed by atoms with Crippen molar-refractivity contribution >= 4 is 33.5 Å². The molecule has 1 aliphatic heterocycles. The van der Waals surface area contributed by atoms with E-state index in [0.29, 0.717) is 40.0 Å². The summed E-state index contributed by atoms with van der Waals surface area (Å²) >= 11 is 6.32. The lowest BCUT2D eigenvalue weighted by atomic mass is 9.96. The highest BCUT2D eigenvalue weighted by Gasteiger charge is 2.28. The maximum Gasteiger partial charge on any atom is 0.355 e. The molecule has 4 rings (SSSR count). The second-order valence-electron chi connectivity index (χ2n) is 7.02. The lowest BCUT2D eigenvalue weighted by Crippen LogP contribution is -2.19. The normalized spacial score (nSPS) is 15.8. The van der Waals surface area contributed by atoms with E-state index < -0.39 is 5.63 Å². The zero-order valence-corrected chi connectivity index (χ0v) is 16.7. The van der Waals surface area contributed by atoms with Gasteiger partial charge in [-0.3, -0.25) is 4.79 Å². The Morgan fingerprint density at radius 1 is 1.11 bits per heavy atom. The SMILES string of the molecule is CCCc1c(Cl)c(=O)oc2c1c1c(c3oc(C)cc(=O)c32)[C]=CC(CCC)O1. The maximum atomic E-state index is 12.8. The van der Waals surface area contributed by atoms with E-state index in [4.69, 9.17) is 25.2 Å². The topological polar surface area (TPSA) is 69.7 Å². The Hall–Kier alpha value is -2.53. The van der Waals surface area contributed by atoms with Crippen molar-refractivity contribution in [3.05, 3.63) is 60.8 Å². The van der Waals surface area contributed by atoms with E-state index >= 15 is 0 Å². The van der Waals surface area contributed by atoms with Gasteiger partial charge in [0, 0.05) is 6.07 Å². The summed E-state index contributed by atoms with van der Waals surface area (Å²) in [7, 11) is 0. The van der Waals surface area contributed by atoms with E-state index in [2.05, 4.69) is 13.0 Å². The standard InChI is InChI=1S/C22H20ClO5/c1-4-6-12-8-9-14-19(27-12)16-13(7-5-2)18(23)22(25)28-21(16)17-15(24)10-11(3)26-20(14)17/h8,10,12H,4-7H2,1-3H3. The molecule has 0 bridgehead atoms. The molecule has 1 atom stereocenters. The molecular weight excluding hydrogens is 380 g/mol. The van der Waals surface area contributed by atoms with Gasteiger partial charge in [-0.05, 0) is 37.5 Å². The van der Waals surface area contributed by atoms with Crippen molar-refractivity contribution in [2.24, 2.45) is 0 Å². The molecule has 1 radical (unpaired) electrons. The van der Waals surface area contributed by atoms with Crippen molar-refractivity contribution < 1.29 is 13.6 Å². The Kier molecular flexibility index (Phi) is 4.79. The quantitative estimate of drug-likeness (QED) is 0.452. The highest BCUT2D eigenvalue weighted by molar-refractivity contribution is 6.32. The van der Waals surface area contributed by atoms with Gasteiger partial charge in [0.2, 0.25) is 0 Å². The molecule has 3 heterocycles. The Morgan fingerprint density at radius 2 is 1.89 bits per heavy atom. The predicted octanol–water partition coefficient (Wildman–Crippen LogP) is 5.08. The number of hydrogen-bond donors (Lipinski definition) is 0. The minimum absolute atomic E-state index is 0.0256. The van der Waals surface area contributed by atoms with Gasteiger partial charge in [-0.1, -0.05) is 38.3 Å². The van der Waals surface area contributed by atoms with Crippen LogP contribution in [0.1, 0.15) is 50.0 Å². The average Bonchev–Trinajstić information content (AvgIpc) is 2.65. The summed E-state index contributed by atoms with van der Waals surface area (Å²) in [5.41, 5.74) is 0.715. The predicted molar refractivity (Wildman–Crippen MR) is 109 cm³/mol. The largest absolute Gasteiger partial charge is 0.485 e. The first kappa shape index (κ1) is 18.8. The highest BCUT2D eigenvalue weighted by Crippen LogP contribution is 2.43. The maximum absolute atomic E-state index is 12.8. The van der Waals surface area contributed by atoms with Crippen molar-refractivity contribution in [1.29, 1.82) is 0 Å². The van der Waals surface area contributed by atoms with Gasteiger partial charge in [-0.15, -0.1) is 0 Å². The molecule has 0 amide bonds. The van der Waals surface area contributed by atoms with Crippen LogP contribution in [-0.4, -0.2) is 6.10 Å². The number of fused-ring (bicyclic) bond motifs is 6. The van der Waals surface area contributed by atoms with Crippen LogP contribution in [0.4, 0.5) is 0 Å². The second-order valence-corrected chi connectivity index (χ2v) is 7.40. The van der Waals surface area contributed by atoms with Crippen molar-refractivity contribution in [3.63, 3.8) is 0 Å². The van der Waals surface area contributed by atoms with Gasteiger partial charge in [0.15, 0.2) is 16.6 Å². The minimum atomic E-state index is -0.667. The molecule has 0 saturated carbocycles. The number of ether oxygens (including phenoxy) is 1. The van der Waals surface area contributed by atoms with Gasteiger partial charge in [-0.2, -0.15) is 0 Å². The van der Waals surface area contributed by atoms with E-state index in [-0.39, 0.29) is 27.5 Å². The fourth-order valence-electron chi connectivity index (χ4n) is 3.73. The fourth-order valence-corrected chi connectivity index (χ4v) is 3.95. The second kappa shape index (κ2) is 7.13. The molecular formula is C22H20ClO5. The lowest BCUT2D eigenvalue weighted by Gasteiger charge is -2.24. The van der Waals surface area contributed by atoms with Crippen molar-refractivity contribution in [1.82, 2.24) is 0 Å². The molecule has 0 spiro atoms. The first-order valence-corrected chi connectivity index (χ1v) is 9.86. The smallest absolute Gasteiger partial charge is 0.355 e. The van der Waals surface area contributed by atoms with Crippen LogP contribution >= 0.6 is 11.6 Å². The number of benzene rings is 1. The fraction of sp³-hybridized carbons (Fsp3) is 0.364. The summed E-state index contributed by atoms with van der Waals surface area (Å²) in [4.78, 5) is 25.2. The van der Waals surface area contributed by atoms with Crippen LogP contribution in [0, 0.1) is 13.0 Å². The number of aryl methyl sites for hydroxylation is 2. The summed E-state index contributed by atoms with van der Waals surface area (Å²) in [5.74, 6) is 0.966. The van der Waals surface area contributed by atoms with E-state index in [1.165, 1.54) is 6.07 Å². The van der Waals surface area contributed by atoms with E-state index in [1.54, 1.807) is 6.92 Å². The van der Waals surface area contributed by atoms with Crippen LogP contribution < -0.4 is 15.8 Å². The molecule has 28 heavy (non-hydrogen) atoms. The molecule has 145 valence electrons. The lowest BCUT2D eigenvalue weighted by molar-refractivity contribution is 0.233. The van der Waals surface area contributed by atoms with Gasteiger partial charge < -0.3 is 13.6 Å². The third kappa shape index (κ3) is 2.85. The van der Waals surface area contributed by atoms with Crippen molar-refractivity contribution in [2.45, 2.75) is 52.6 Å². The van der Waals surface area contributed by atoms with Crippen LogP contribution in [0.3, 0.4) is 0 Å². The molecule has 1 unspecified atom stereocenters. The van der Waals surface area contributed by atoms with E-state index in [9.17, 15) is 9.59 Å². The Labute approximate surface area is 166 Å². The van der Waals surface area contributed by atoms with Gasteiger partial charge in [0.1, 0.15) is 28.0 Å². The Morgan fingerprint density at radius 3 is 2.61 bits per heavy atom. The first-order valence-electron chi connectivity index (χ1n) is 9.48. The van der Waals surface area contributed by atoms with Gasteiger partial charge in [-0.25, -0.2) is 4.79 Å². The van der Waals surface area contributed by atoms with Crippen LogP contribution in [0.25, 0.3) is 21.9 Å². The van der Waals surface area contributed by atoms with Crippen molar-refractivity contribution in [3.8, 4) is 5.75 Å². The van der Waals surface area contributed by atoms with Gasteiger partial charge in [0.25, 0.3) is 0 Å². The number of halogens is 1. The summed E-state index contributed by atoms with van der Waals surface area (Å²) in [5, 5.41) is 0.799. The highest BCUT2D eigenvalue weighted by atomic mass is 35.5. The molecule has 0 saturated heterocycles.